The maximum absolute atomic E-state index is 12.8. The Hall–Kier alpha value is -3.40. The molecule has 1 aliphatic rings. The van der Waals surface area contributed by atoms with E-state index in [1.807, 2.05) is 18.2 Å². The number of amides is 1. The lowest BCUT2D eigenvalue weighted by molar-refractivity contribution is 0.102. The molecule has 1 fully saturated rings. The van der Waals surface area contributed by atoms with Crippen LogP contribution in [0.4, 0.5) is 5.69 Å². The molecule has 0 atom stereocenters. The highest BCUT2D eigenvalue weighted by Crippen LogP contribution is 2.29. The molecule has 0 aromatic heterocycles. The summed E-state index contributed by atoms with van der Waals surface area (Å²) in [5, 5.41) is 2.87. The Labute approximate surface area is 206 Å². The largest absolute Gasteiger partial charge is 0.497 e. The lowest BCUT2D eigenvalue weighted by Gasteiger charge is -2.34. The average Bonchev–Trinajstić information content (AvgIpc) is 2.90. The summed E-state index contributed by atoms with van der Waals surface area (Å²) in [6, 6.07) is 21.2. The quantitative estimate of drug-likeness (QED) is 0.515. The second kappa shape index (κ2) is 10.9. The predicted molar refractivity (Wildman–Crippen MR) is 134 cm³/mol. The number of anilines is 1. The zero-order valence-corrected chi connectivity index (χ0v) is 20.6. The summed E-state index contributed by atoms with van der Waals surface area (Å²) in [7, 11) is -0.354. The maximum Gasteiger partial charge on any atom is 0.255 e. The summed E-state index contributed by atoms with van der Waals surface area (Å²) < 4.78 is 37.7. The molecule has 0 spiro atoms. The number of benzene rings is 3. The van der Waals surface area contributed by atoms with E-state index in [9.17, 15) is 13.2 Å². The minimum Gasteiger partial charge on any atom is -0.497 e. The Morgan fingerprint density at radius 2 is 1.57 bits per heavy atom. The van der Waals surface area contributed by atoms with Crippen molar-refractivity contribution in [3.05, 3.63) is 83.9 Å². The highest BCUT2D eigenvalue weighted by molar-refractivity contribution is 7.89. The van der Waals surface area contributed by atoms with Crippen molar-refractivity contribution in [1.29, 1.82) is 0 Å². The normalized spacial score (nSPS) is 14.9. The molecule has 35 heavy (non-hydrogen) atoms. The molecule has 9 heteroatoms. The van der Waals surface area contributed by atoms with Gasteiger partial charge in [-0.05, 0) is 42.0 Å². The van der Waals surface area contributed by atoms with Crippen molar-refractivity contribution < 1.29 is 22.7 Å². The number of nitrogens with zero attached hydrogens (tertiary/aromatic N) is 2. The summed E-state index contributed by atoms with van der Waals surface area (Å²) in [5.41, 5.74) is 2.15. The van der Waals surface area contributed by atoms with E-state index in [2.05, 4.69) is 10.2 Å². The average molecular weight is 496 g/mol. The van der Waals surface area contributed by atoms with Crippen LogP contribution < -0.4 is 14.8 Å². The molecular weight excluding hydrogens is 466 g/mol. The van der Waals surface area contributed by atoms with Crippen molar-refractivity contribution in [2.75, 3.05) is 45.7 Å². The SMILES string of the molecule is COc1ccc(NC(=O)c2ccc(CN3CCN(S(=O)(=O)c4ccccc4)CC3)cc2)c(OC)c1. The van der Waals surface area contributed by atoms with Crippen LogP contribution >= 0.6 is 0 Å². The van der Waals surface area contributed by atoms with Crippen molar-refractivity contribution in [2.45, 2.75) is 11.4 Å². The number of carbonyl (C=O) groups excluding carboxylic acids is 1. The third-order valence-corrected chi connectivity index (χ3v) is 7.90. The standard InChI is InChI=1S/C26H29N3O5S/c1-33-22-12-13-24(25(18-22)34-2)27-26(30)21-10-8-20(9-11-21)19-28-14-16-29(17-15-28)35(31,32)23-6-4-3-5-7-23/h3-13,18H,14-17,19H2,1-2H3,(H,27,30). The van der Waals surface area contributed by atoms with Gasteiger partial charge in [-0.2, -0.15) is 4.31 Å². The highest BCUT2D eigenvalue weighted by atomic mass is 32.2. The Morgan fingerprint density at radius 3 is 2.20 bits per heavy atom. The van der Waals surface area contributed by atoms with E-state index in [0.717, 1.165) is 5.56 Å². The molecule has 0 radical (unpaired) electrons. The topological polar surface area (TPSA) is 88.2 Å². The Morgan fingerprint density at radius 1 is 0.886 bits per heavy atom. The van der Waals surface area contributed by atoms with E-state index < -0.39 is 10.0 Å². The molecule has 3 aromatic carbocycles. The van der Waals surface area contributed by atoms with E-state index >= 15 is 0 Å². The van der Waals surface area contributed by atoms with Gasteiger partial charge in [-0.15, -0.1) is 0 Å². The van der Waals surface area contributed by atoms with Crippen molar-refractivity contribution in [2.24, 2.45) is 0 Å². The molecule has 0 unspecified atom stereocenters. The second-order valence-corrected chi connectivity index (χ2v) is 10.1. The van der Waals surface area contributed by atoms with Crippen LogP contribution in [0.3, 0.4) is 0 Å². The summed E-state index contributed by atoms with van der Waals surface area (Å²) in [6.07, 6.45) is 0. The molecule has 8 nitrogen and oxygen atoms in total. The molecule has 3 aromatic rings. The first kappa shape index (κ1) is 24.7. The fraction of sp³-hybridized carbons (Fsp3) is 0.269. The zero-order chi connectivity index (χ0) is 24.8. The number of hydrogen-bond acceptors (Lipinski definition) is 6. The fourth-order valence-corrected chi connectivity index (χ4v) is 5.43. The van der Waals surface area contributed by atoms with E-state index in [1.165, 1.54) is 7.11 Å². The highest BCUT2D eigenvalue weighted by Gasteiger charge is 2.28. The predicted octanol–water partition coefficient (Wildman–Crippen LogP) is 3.46. The molecular formula is C26H29N3O5S. The van der Waals surface area contributed by atoms with Crippen LogP contribution in [0.15, 0.2) is 77.7 Å². The van der Waals surface area contributed by atoms with E-state index in [0.29, 0.717) is 60.4 Å². The first-order chi connectivity index (χ1) is 16.9. The van der Waals surface area contributed by atoms with Crippen molar-refractivity contribution >= 4 is 21.6 Å². The van der Waals surface area contributed by atoms with Crippen molar-refractivity contribution in [3.63, 3.8) is 0 Å². The molecule has 0 bridgehead atoms. The zero-order valence-electron chi connectivity index (χ0n) is 19.8. The van der Waals surface area contributed by atoms with Gasteiger partial charge >= 0.3 is 0 Å². The molecule has 1 aliphatic heterocycles. The molecule has 0 saturated carbocycles. The van der Waals surface area contributed by atoms with Gasteiger partial charge in [-0.3, -0.25) is 9.69 Å². The molecule has 1 heterocycles. The number of ether oxygens (including phenoxy) is 2. The lowest BCUT2D eigenvalue weighted by atomic mass is 10.1. The number of nitrogens with one attached hydrogen (secondary N) is 1. The maximum atomic E-state index is 12.8. The number of hydrogen-bond donors (Lipinski definition) is 1. The van der Waals surface area contributed by atoms with Crippen LogP contribution in [0.5, 0.6) is 11.5 Å². The third-order valence-electron chi connectivity index (χ3n) is 5.99. The monoisotopic (exact) mass is 495 g/mol. The smallest absolute Gasteiger partial charge is 0.255 e. The van der Waals surface area contributed by atoms with Gasteiger partial charge in [0.1, 0.15) is 11.5 Å². The van der Waals surface area contributed by atoms with Crippen LogP contribution in [0.1, 0.15) is 15.9 Å². The van der Waals surface area contributed by atoms with Crippen molar-refractivity contribution in [3.8, 4) is 11.5 Å². The number of piperazine rings is 1. The van der Waals surface area contributed by atoms with Gasteiger partial charge in [-0.1, -0.05) is 30.3 Å². The molecule has 1 N–H and O–H groups in total. The summed E-state index contributed by atoms with van der Waals surface area (Å²) >= 11 is 0. The van der Waals surface area contributed by atoms with Gasteiger partial charge in [0.05, 0.1) is 24.8 Å². The summed E-state index contributed by atoms with van der Waals surface area (Å²) in [6.45, 7) is 2.87. The number of sulfonamides is 1. The molecule has 1 amide bonds. The van der Waals surface area contributed by atoms with Crippen LogP contribution in [0, 0.1) is 0 Å². The minimum absolute atomic E-state index is 0.236. The molecule has 0 aliphatic carbocycles. The first-order valence-electron chi connectivity index (χ1n) is 11.3. The Bertz CT molecular complexity index is 1260. The lowest BCUT2D eigenvalue weighted by Crippen LogP contribution is -2.48. The summed E-state index contributed by atoms with van der Waals surface area (Å²) in [4.78, 5) is 15.3. The third kappa shape index (κ3) is 5.82. The van der Waals surface area contributed by atoms with Gasteiger partial charge in [-0.25, -0.2) is 8.42 Å². The molecule has 184 valence electrons. The molecule has 1 saturated heterocycles. The van der Waals surface area contributed by atoms with E-state index in [-0.39, 0.29) is 5.91 Å². The van der Waals surface area contributed by atoms with Gasteiger partial charge in [0.2, 0.25) is 10.0 Å². The Balaban J connectivity index is 1.33. The molecule has 4 rings (SSSR count). The Kier molecular flexibility index (Phi) is 7.70. The number of methoxy groups -OCH3 is 2. The van der Waals surface area contributed by atoms with Crippen LogP contribution in [0.25, 0.3) is 0 Å². The summed E-state index contributed by atoms with van der Waals surface area (Å²) in [5.74, 6) is 0.921. The minimum atomic E-state index is -3.46. The van der Waals surface area contributed by atoms with Crippen LogP contribution in [0.2, 0.25) is 0 Å². The van der Waals surface area contributed by atoms with Gasteiger partial charge in [0.15, 0.2) is 0 Å². The van der Waals surface area contributed by atoms with Crippen LogP contribution in [-0.2, 0) is 16.6 Å². The fourth-order valence-electron chi connectivity index (χ4n) is 3.99. The van der Waals surface area contributed by atoms with Gasteiger partial charge in [0.25, 0.3) is 5.91 Å². The second-order valence-electron chi connectivity index (χ2n) is 8.21. The van der Waals surface area contributed by atoms with E-state index in [1.54, 1.807) is 66.0 Å². The van der Waals surface area contributed by atoms with Gasteiger partial charge in [0, 0.05) is 44.4 Å². The number of rotatable bonds is 8. The van der Waals surface area contributed by atoms with Crippen LogP contribution in [-0.4, -0.2) is 63.9 Å². The van der Waals surface area contributed by atoms with E-state index in [4.69, 9.17) is 9.47 Å². The number of carbonyl (C=O) groups is 1. The van der Waals surface area contributed by atoms with Crippen molar-refractivity contribution in [1.82, 2.24) is 9.21 Å². The van der Waals surface area contributed by atoms with Gasteiger partial charge < -0.3 is 14.8 Å². The first-order valence-corrected chi connectivity index (χ1v) is 12.7.